The van der Waals surface area contributed by atoms with Crippen molar-refractivity contribution in [1.29, 1.82) is 0 Å². The van der Waals surface area contributed by atoms with Crippen LogP contribution in [0.4, 0.5) is 23.7 Å². The van der Waals surface area contributed by atoms with E-state index in [1.807, 2.05) is 62.4 Å². The van der Waals surface area contributed by atoms with E-state index >= 15 is 0 Å². The molecular weight excluding hydrogens is 551 g/mol. The summed E-state index contributed by atoms with van der Waals surface area (Å²) in [4.78, 5) is 12.4. The van der Waals surface area contributed by atoms with Crippen molar-refractivity contribution in [2.24, 2.45) is 11.4 Å². The molecule has 5 aromatic rings. The maximum atomic E-state index is 12.5. The predicted octanol–water partition coefficient (Wildman–Crippen LogP) is 7.97. The van der Waals surface area contributed by atoms with Gasteiger partial charge >= 0.3 is 12.4 Å². The first-order valence-corrected chi connectivity index (χ1v) is 13.5. The number of rotatable bonds is 7. The largest absolute Gasteiger partial charge is 0.573 e. The van der Waals surface area contributed by atoms with Crippen LogP contribution < -0.4 is 14.8 Å². The van der Waals surface area contributed by atoms with Crippen LogP contribution in [0.25, 0.3) is 32.9 Å². The Morgan fingerprint density at radius 3 is 2.56 bits per heavy atom. The number of halogens is 3. The minimum absolute atomic E-state index is 0.279. The molecule has 41 heavy (non-hydrogen) atoms. The first-order valence-electron chi connectivity index (χ1n) is 12.7. The maximum absolute atomic E-state index is 12.5. The van der Waals surface area contributed by atoms with Gasteiger partial charge in [-0.3, -0.25) is 9.40 Å². The zero-order valence-corrected chi connectivity index (χ0v) is 23.2. The molecule has 0 bridgehead atoms. The topological polar surface area (TPSA) is 80.5 Å². The Morgan fingerprint density at radius 1 is 1.07 bits per heavy atom. The lowest BCUT2D eigenvalue weighted by molar-refractivity contribution is -0.274. The highest BCUT2D eigenvalue weighted by Gasteiger charge is 2.31. The molecule has 2 N–H and O–H groups in total. The molecule has 11 heteroatoms. The van der Waals surface area contributed by atoms with Crippen molar-refractivity contribution >= 4 is 51.7 Å². The molecule has 7 nitrogen and oxygen atoms in total. The van der Waals surface area contributed by atoms with Gasteiger partial charge in [0, 0.05) is 35.3 Å². The van der Waals surface area contributed by atoms with Crippen LogP contribution in [0.2, 0.25) is 0 Å². The number of hydrogen-bond donors (Lipinski definition) is 2. The molecule has 210 valence electrons. The highest BCUT2D eigenvalue weighted by atomic mass is 32.2. The Kier molecular flexibility index (Phi) is 7.89. The van der Waals surface area contributed by atoms with Gasteiger partial charge in [-0.25, -0.2) is 9.19 Å². The number of carbonyl (C=O) groups excluding carboxylic acids is 1. The summed E-state index contributed by atoms with van der Waals surface area (Å²) < 4.78 is 50.2. The maximum Gasteiger partial charge on any atom is 0.573 e. The predicted molar refractivity (Wildman–Crippen MR) is 158 cm³/mol. The van der Waals surface area contributed by atoms with Gasteiger partial charge in [0.1, 0.15) is 11.3 Å². The molecule has 1 heterocycles. The number of benzene rings is 4. The average molecular weight is 578 g/mol. The summed E-state index contributed by atoms with van der Waals surface area (Å²) in [6, 6.07) is 21.0. The Balaban J connectivity index is 1.30. The van der Waals surface area contributed by atoms with E-state index in [0.717, 1.165) is 73.9 Å². The summed E-state index contributed by atoms with van der Waals surface area (Å²) in [6.07, 6.45) is -2.27. The summed E-state index contributed by atoms with van der Waals surface area (Å²) in [5.41, 5.74) is 5.98. The molecule has 0 fully saturated rings. The van der Waals surface area contributed by atoms with Gasteiger partial charge in [-0.1, -0.05) is 43.3 Å². The third kappa shape index (κ3) is 6.30. The average Bonchev–Trinajstić information content (AvgIpc) is 3.27. The van der Waals surface area contributed by atoms with E-state index in [4.69, 9.17) is 0 Å². The number of aromatic nitrogens is 2. The standard InChI is InChI=1S/C30H26F3N5O2S/c1-4-20-7-5-6-18(2)26(20)35-29(39)37-41-34-17-19-8-14-24-22(16-19)11-15-25-27(24)36-38(3)28(25)21-9-12-23(13-10-21)40-30(31,32)33/h5-17H,4H2,1-3H3,(H2,35,37,39)/b34-17+. The number of urea groups is 1. The van der Waals surface area contributed by atoms with E-state index in [-0.39, 0.29) is 11.8 Å². The molecule has 1 aromatic heterocycles. The number of amides is 2. The number of para-hydroxylation sites is 1. The van der Waals surface area contributed by atoms with Crippen LogP contribution in [0.5, 0.6) is 5.75 Å². The van der Waals surface area contributed by atoms with Crippen LogP contribution in [-0.4, -0.2) is 28.4 Å². The summed E-state index contributed by atoms with van der Waals surface area (Å²) in [5.74, 6) is -0.279. The van der Waals surface area contributed by atoms with Crippen LogP contribution >= 0.6 is 12.1 Å². The quantitative estimate of drug-likeness (QED) is 0.152. The first kappa shape index (κ1) is 28.0. The lowest BCUT2D eigenvalue weighted by Crippen LogP contribution is -2.23. The summed E-state index contributed by atoms with van der Waals surface area (Å²) in [7, 11) is 1.80. The van der Waals surface area contributed by atoms with Crippen molar-refractivity contribution in [3.63, 3.8) is 0 Å². The van der Waals surface area contributed by atoms with Crippen molar-refractivity contribution in [2.45, 2.75) is 26.6 Å². The van der Waals surface area contributed by atoms with Crippen LogP contribution in [0.15, 0.2) is 77.2 Å². The first-order chi connectivity index (χ1) is 19.6. The van der Waals surface area contributed by atoms with Crippen molar-refractivity contribution in [3.05, 3.63) is 89.5 Å². The van der Waals surface area contributed by atoms with E-state index in [2.05, 4.69) is 24.3 Å². The molecule has 0 aliphatic heterocycles. The highest BCUT2D eigenvalue weighted by molar-refractivity contribution is 7.96. The van der Waals surface area contributed by atoms with Crippen molar-refractivity contribution in [3.8, 4) is 17.0 Å². The summed E-state index contributed by atoms with van der Waals surface area (Å²) in [6.45, 7) is 3.99. The lowest BCUT2D eigenvalue weighted by Gasteiger charge is -2.12. The fraction of sp³-hybridized carbons (Fsp3) is 0.167. The van der Waals surface area contributed by atoms with E-state index in [9.17, 15) is 18.0 Å². The minimum atomic E-state index is -4.74. The number of nitrogens with one attached hydrogen (secondary N) is 2. The summed E-state index contributed by atoms with van der Waals surface area (Å²) >= 11 is 0.930. The zero-order chi connectivity index (χ0) is 29.1. The van der Waals surface area contributed by atoms with Gasteiger partial charge in [0.25, 0.3) is 0 Å². The Morgan fingerprint density at radius 2 is 1.83 bits per heavy atom. The highest BCUT2D eigenvalue weighted by Crippen LogP contribution is 2.34. The number of fused-ring (bicyclic) bond motifs is 3. The number of aryl methyl sites for hydroxylation is 3. The van der Waals surface area contributed by atoms with Crippen LogP contribution in [0, 0.1) is 6.92 Å². The second kappa shape index (κ2) is 11.5. The molecule has 0 spiro atoms. The van der Waals surface area contributed by atoms with E-state index in [1.54, 1.807) is 30.1 Å². The molecule has 0 radical (unpaired) electrons. The van der Waals surface area contributed by atoms with Gasteiger partial charge in [-0.15, -0.1) is 13.2 Å². The van der Waals surface area contributed by atoms with E-state index in [1.165, 1.54) is 12.1 Å². The third-order valence-corrected chi connectivity index (χ3v) is 7.06. The molecule has 0 saturated carbocycles. The van der Waals surface area contributed by atoms with E-state index < -0.39 is 6.36 Å². The minimum Gasteiger partial charge on any atom is -0.406 e. The van der Waals surface area contributed by atoms with Crippen molar-refractivity contribution < 1.29 is 22.7 Å². The number of alkyl halides is 3. The lowest BCUT2D eigenvalue weighted by atomic mass is 10.0. The van der Waals surface area contributed by atoms with Crippen molar-refractivity contribution in [2.75, 3.05) is 5.32 Å². The fourth-order valence-corrected chi connectivity index (χ4v) is 5.10. The second-order valence-corrected chi connectivity index (χ2v) is 9.93. The molecule has 0 aliphatic carbocycles. The smallest absolute Gasteiger partial charge is 0.406 e. The van der Waals surface area contributed by atoms with Crippen molar-refractivity contribution in [1.82, 2.24) is 14.5 Å². The number of hydrogen-bond acceptors (Lipinski definition) is 5. The Labute approximate surface area is 238 Å². The molecular formula is C30H26F3N5O2S. The fourth-order valence-electron chi connectivity index (χ4n) is 4.74. The third-order valence-electron chi connectivity index (χ3n) is 6.58. The molecule has 5 rings (SSSR count). The van der Waals surface area contributed by atoms with Gasteiger partial charge in [0.2, 0.25) is 0 Å². The Bertz CT molecular complexity index is 1760. The van der Waals surface area contributed by atoms with Crippen LogP contribution in [0.3, 0.4) is 0 Å². The Hall–Kier alpha value is -4.51. The molecule has 0 unspecified atom stereocenters. The second-order valence-electron chi connectivity index (χ2n) is 9.33. The molecule has 0 saturated heterocycles. The number of nitrogens with zero attached hydrogens (tertiary/aromatic N) is 3. The molecule has 2 amide bonds. The normalized spacial score (nSPS) is 11.9. The number of anilines is 1. The summed E-state index contributed by atoms with van der Waals surface area (Å²) in [5, 5.41) is 10.3. The van der Waals surface area contributed by atoms with Gasteiger partial charge in [-0.05, 0) is 71.8 Å². The van der Waals surface area contributed by atoms with Gasteiger partial charge in [-0.2, -0.15) is 5.10 Å². The van der Waals surface area contributed by atoms with Gasteiger partial charge in [0.05, 0.1) is 17.8 Å². The molecule has 4 aromatic carbocycles. The van der Waals surface area contributed by atoms with Gasteiger partial charge in [0.15, 0.2) is 0 Å². The van der Waals surface area contributed by atoms with Gasteiger partial charge < -0.3 is 10.1 Å². The van der Waals surface area contributed by atoms with Crippen LogP contribution in [0.1, 0.15) is 23.6 Å². The molecule has 0 aliphatic rings. The number of carbonyl (C=O) groups is 1. The SMILES string of the molecule is CCc1cccc(C)c1NC(=O)NS/N=C/c1ccc2c(ccc3c(-c4ccc(OC(F)(F)F)cc4)n(C)nc32)c1. The molecule has 0 atom stereocenters. The zero-order valence-electron chi connectivity index (χ0n) is 22.4. The number of ether oxygens (including phenoxy) is 1. The van der Waals surface area contributed by atoms with Crippen LogP contribution in [-0.2, 0) is 13.5 Å². The van der Waals surface area contributed by atoms with E-state index in [0.29, 0.717) is 0 Å². The monoisotopic (exact) mass is 577 g/mol.